The normalized spacial score (nSPS) is 13.9. The van der Waals surface area contributed by atoms with Crippen LogP contribution in [0, 0.1) is 5.82 Å². The minimum absolute atomic E-state index is 0.0543. The molecule has 28 heavy (non-hydrogen) atoms. The quantitative estimate of drug-likeness (QED) is 0.343. The first-order valence-corrected chi connectivity index (χ1v) is 9.52. The van der Waals surface area contributed by atoms with E-state index in [9.17, 15) is 27.2 Å². The predicted molar refractivity (Wildman–Crippen MR) is 103 cm³/mol. The van der Waals surface area contributed by atoms with Crippen molar-refractivity contribution in [3.63, 3.8) is 0 Å². The molecule has 0 aliphatic heterocycles. The number of hydrogen-bond acceptors (Lipinski definition) is 3. The summed E-state index contributed by atoms with van der Waals surface area (Å²) in [5.41, 5.74) is -0.670. The van der Waals surface area contributed by atoms with Gasteiger partial charge < -0.3 is 0 Å². The Bertz CT molecular complexity index is 913. The molecular weight excluding hydrogens is 463 g/mol. The van der Waals surface area contributed by atoms with Crippen LogP contribution >= 0.6 is 46.6 Å². The molecule has 2 nitrogen and oxygen atoms in total. The first kappa shape index (κ1) is 23.0. The van der Waals surface area contributed by atoms with Crippen LogP contribution in [0.4, 0.5) is 17.6 Å². The third-order valence-corrected chi connectivity index (χ3v) is 5.73. The monoisotopic (exact) mass is 472 g/mol. The molecule has 2 rings (SSSR count). The zero-order valence-electron chi connectivity index (χ0n) is 14.0. The summed E-state index contributed by atoms with van der Waals surface area (Å²) in [6.45, 7) is 0.955. The van der Waals surface area contributed by atoms with Crippen molar-refractivity contribution in [2.24, 2.45) is 0 Å². The number of rotatable bonds is 5. The SMILES string of the molecule is CC(=O)SC(CC(=O)c1ccc(F)c(Cl)c1)(c1cc(Cl)cc(Cl)c1)C(F)(F)F. The van der Waals surface area contributed by atoms with Gasteiger partial charge in [-0.25, -0.2) is 4.39 Å². The van der Waals surface area contributed by atoms with Crippen LogP contribution in [-0.4, -0.2) is 17.1 Å². The Morgan fingerprint density at radius 1 is 1.00 bits per heavy atom. The van der Waals surface area contributed by atoms with Gasteiger partial charge in [-0.2, -0.15) is 13.2 Å². The Morgan fingerprint density at radius 3 is 2.04 bits per heavy atom. The van der Waals surface area contributed by atoms with E-state index >= 15 is 0 Å². The summed E-state index contributed by atoms with van der Waals surface area (Å²) < 4.78 is 53.0. The molecule has 0 aliphatic rings. The second-order valence-electron chi connectivity index (χ2n) is 5.81. The number of thioether (sulfide) groups is 1. The van der Waals surface area contributed by atoms with Gasteiger partial charge in [-0.1, -0.05) is 46.6 Å². The maximum Gasteiger partial charge on any atom is 0.408 e. The standard InChI is InChI=1S/C18H11Cl3F4O2S/c1-9(26)28-17(18(23,24)25,11-5-12(19)7-13(20)6-11)8-16(27)10-2-3-15(22)14(21)4-10/h2-7H,8H2,1H3. The van der Waals surface area contributed by atoms with Crippen LogP contribution in [0.3, 0.4) is 0 Å². The molecule has 0 amide bonds. The Labute approximate surface area is 177 Å². The third kappa shape index (κ3) is 5.00. The third-order valence-electron chi connectivity index (χ3n) is 3.76. The van der Waals surface area contributed by atoms with E-state index in [1.165, 1.54) is 6.07 Å². The van der Waals surface area contributed by atoms with E-state index in [0.29, 0.717) is 0 Å². The fraction of sp³-hybridized carbons (Fsp3) is 0.222. The molecule has 10 heteroatoms. The minimum atomic E-state index is -5.02. The number of halogens is 7. The molecule has 0 fully saturated rings. The van der Waals surface area contributed by atoms with Crippen LogP contribution in [0.15, 0.2) is 36.4 Å². The molecule has 1 unspecified atom stereocenters. The van der Waals surface area contributed by atoms with Gasteiger partial charge in [0, 0.05) is 29.0 Å². The van der Waals surface area contributed by atoms with E-state index < -0.39 is 44.6 Å². The summed E-state index contributed by atoms with van der Waals surface area (Å²) in [7, 11) is 0. The zero-order valence-corrected chi connectivity index (χ0v) is 17.1. The van der Waals surface area contributed by atoms with Crippen LogP contribution < -0.4 is 0 Å². The van der Waals surface area contributed by atoms with Gasteiger partial charge in [-0.05, 0) is 42.0 Å². The van der Waals surface area contributed by atoms with Crippen molar-refractivity contribution in [3.05, 3.63) is 68.4 Å². The molecule has 0 aromatic heterocycles. The van der Waals surface area contributed by atoms with E-state index in [1.807, 2.05) is 0 Å². The number of hydrogen-bond donors (Lipinski definition) is 0. The van der Waals surface area contributed by atoms with Crippen LogP contribution in [0.1, 0.15) is 29.3 Å². The Balaban J connectivity index is 2.64. The Kier molecular flexibility index (Phi) is 7.08. The highest BCUT2D eigenvalue weighted by atomic mass is 35.5. The average Bonchev–Trinajstić information content (AvgIpc) is 2.54. The number of carbonyl (C=O) groups is 2. The molecule has 2 aromatic carbocycles. The topological polar surface area (TPSA) is 34.1 Å². The maximum atomic E-state index is 14.2. The number of Topliss-reactive ketones (excluding diaryl/α,β-unsaturated/α-hetero) is 1. The minimum Gasteiger partial charge on any atom is -0.294 e. The molecular formula is C18H11Cl3F4O2S. The largest absolute Gasteiger partial charge is 0.408 e. The summed E-state index contributed by atoms with van der Waals surface area (Å²) in [5, 5.41) is -1.44. The molecule has 2 aromatic rings. The molecule has 0 N–H and O–H groups in total. The Hall–Kier alpha value is -1.28. The first-order valence-electron chi connectivity index (χ1n) is 7.57. The van der Waals surface area contributed by atoms with E-state index in [4.69, 9.17) is 34.8 Å². The smallest absolute Gasteiger partial charge is 0.294 e. The predicted octanol–water partition coefficient (Wildman–Crippen LogP) is 7.10. The first-order chi connectivity index (χ1) is 12.9. The van der Waals surface area contributed by atoms with Crippen molar-refractivity contribution >= 4 is 57.5 Å². The summed E-state index contributed by atoms with van der Waals surface area (Å²) in [5.74, 6) is -1.80. The van der Waals surface area contributed by atoms with Crippen molar-refractivity contribution in [2.45, 2.75) is 24.3 Å². The lowest BCUT2D eigenvalue weighted by Crippen LogP contribution is -2.42. The number of alkyl halides is 3. The summed E-state index contributed by atoms with van der Waals surface area (Å²) in [6, 6.07) is 6.06. The molecule has 0 heterocycles. The van der Waals surface area contributed by atoms with Crippen molar-refractivity contribution in [3.8, 4) is 0 Å². The van der Waals surface area contributed by atoms with Gasteiger partial charge in [0.05, 0.1) is 5.02 Å². The average molecular weight is 474 g/mol. The van der Waals surface area contributed by atoms with Crippen molar-refractivity contribution < 1.29 is 27.2 Å². The zero-order chi connectivity index (χ0) is 21.3. The summed E-state index contributed by atoms with van der Waals surface area (Å²) in [6.07, 6.45) is -6.16. The van der Waals surface area contributed by atoms with Gasteiger partial charge in [-0.3, -0.25) is 9.59 Å². The lowest BCUT2D eigenvalue weighted by atomic mass is 9.89. The van der Waals surface area contributed by atoms with E-state index in [2.05, 4.69) is 0 Å². The fourth-order valence-electron chi connectivity index (χ4n) is 2.55. The van der Waals surface area contributed by atoms with Gasteiger partial charge >= 0.3 is 6.18 Å². The second-order valence-corrected chi connectivity index (χ2v) is 8.56. The van der Waals surface area contributed by atoms with Gasteiger partial charge in [0.25, 0.3) is 0 Å². The Morgan fingerprint density at radius 2 is 1.57 bits per heavy atom. The number of carbonyl (C=O) groups excluding carboxylic acids is 2. The fourth-order valence-corrected chi connectivity index (χ4v) is 4.30. The lowest BCUT2D eigenvalue weighted by Gasteiger charge is -2.34. The van der Waals surface area contributed by atoms with Crippen molar-refractivity contribution in [1.29, 1.82) is 0 Å². The highest BCUT2D eigenvalue weighted by Crippen LogP contribution is 2.53. The van der Waals surface area contributed by atoms with Gasteiger partial charge in [0.1, 0.15) is 5.82 Å². The second kappa shape index (κ2) is 8.61. The lowest BCUT2D eigenvalue weighted by molar-refractivity contribution is -0.162. The molecule has 0 radical (unpaired) electrons. The van der Waals surface area contributed by atoms with E-state index in [-0.39, 0.29) is 27.4 Å². The molecule has 150 valence electrons. The van der Waals surface area contributed by atoms with Crippen molar-refractivity contribution in [2.75, 3.05) is 0 Å². The molecule has 1 atom stereocenters. The highest BCUT2D eigenvalue weighted by Gasteiger charge is 2.58. The van der Waals surface area contributed by atoms with Crippen LogP contribution in [0.2, 0.25) is 15.1 Å². The van der Waals surface area contributed by atoms with Crippen LogP contribution in [0.25, 0.3) is 0 Å². The molecule has 0 aliphatic carbocycles. The van der Waals surface area contributed by atoms with Crippen LogP contribution in [0.5, 0.6) is 0 Å². The van der Waals surface area contributed by atoms with Crippen molar-refractivity contribution in [1.82, 2.24) is 0 Å². The van der Waals surface area contributed by atoms with Gasteiger partial charge in [-0.15, -0.1) is 0 Å². The van der Waals surface area contributed by atoms with E-state index in [1.54, 1.807) is 0 Å². The molecule has 0 bridgehead atoms. The number of benzene rings is 2. The molecule has 0 saturated heterocycles. The molecule has 0 saturated carbocycles. The highest BCUT2D eigenvalue weighted by molar-refractivity contribution is 8.14. The summed E-state index contributed by atoms with van der Waals surface area (Å²) in [4.78, 5) is 24.3. The van der Waals surface area contributed by atoms with E-state index in [0.717, 1.165) is 37.3 Å². The van der Waals surface area contributed by atoms with Gasteiger partial charge in [0.2, 0.25) is 0 Å². The summed E-state index contributed by atoms with van der Waals surface area (Å²) >= 11 is 17.3. The molecule has 0 spiro atoms. The maximum absolute atomic E-state index is 14.2. The van der Waals surface area contributed by atoms with Crippen LogP contribution in [-0.2, 0) is 9.54 Å². The van der Waals surface area contributed by atoms with Gasteiger partial charge in [0.15, 0.2) is 15.6 Å². The number of ketones is 1.